The highest BCUT2D eigenvalue weighted by molar-refractivity contribution is 7.99. The van der Waals surface area contributed by atoms with Gasteiger partial charge in [0.05, 0.1) is 11.8 Å². The number of carbonyl (C=O) groups is 1. The van der Waals surface area contributed by atoms with Crippen LogP contribution in [0.4, 0.5) is 0 Å². The molecule has 0 bridgehead atoms. The normalized spacial score (nSPS) is 13.0. The Hall–Kier alpha value is -2.08. The van der Waals surface area contributed by atoms with E-state index in [1.54, 1.807) is 18.0 Å². The van der Waals surface area contributed by atoms with Crippen LogP contribution in [0.15, 0.2) is 46.2 Å². The van der Waals surface area contributed by atoms with Gasteiger partial charge in [0.1, 0.15) is 5.76 Å². The standard InChI is InChI=1S/C22H31N3O2S/c1-9-11-25-19(17-10-12-27-15(17)2)23-24-20(25)28-14-16(21(3,4)5)13-18(26)22(6,7)8/h9-10,12-13H,1,11,14H2,2-8H3/b16-13+. The highest BCUT2D eigenvalue weighted by Crippen LogP contribution is 2.33. The van der Waals surface area contributed by atoms with Gasteiger partial charge in [0.15, 0.2) is 16.8 Å². The van der Waals surface area contributed by atoms with Gasteiger partial charge in [-0.05, 0) is 24.5 Å². The predicted octanol–water partition coefficient (Wildman–Crippen LogP) is 5.71. The number of nitrogens with zero attached hydrogens (tertiary/aromatic N) is 3. The molecular formula is C22H31N3O2S. The van der Waals surface area contributed by atoms with Crippen molar-refractivity contribution in [3.05, 3.63) is 42.4 Å². The summed E-state index contributed by atoms with van der Waals surface area (Å²) in [5.74, 6) is 2.38. The fourth-order valence-corrected chi connectivity index (χ4v) is 3.71. The topological polar surface area (TPSA) is 60.9 Å². The molecule has 2 heterocycles. The average molecular weight is 402 g/mol. The van der Waals surface area contributed by atoms with Gasteiger partial charge >= 0.3 is 0 Å². The van der Waals surface area contributed by atoms with E-state index in [4.69, 9.17) is 4.42 Å². The number of carbonyl (C=O) groups excluding carboxylic acids is 1. The second-order valence-corrected chi connectivity index (χ2v) is 9.86. The van der Waals surface area contributed by atoms with Crippen molar-refractivity contribution in [1.82, 2.24) is 14.8 Å². The monoisotopic (exact) mass is 401 g/mol. The van der Waals surface area contributed by atoms with Crippen molar-refractivity contribution >= 4 is 17.5 Å². The van der Waals surface area contributed by atoms with Gasteiger partial charge < -0.3 is 4.42 Å². The van der Waals surface area contributed by atoms with Crippen molar-refractivity contribution in [2.75, 3.05) is 5.75 Å². The molecule has 0 aliphatic heterocycles. The van der Waals surface area contributed by atoms with Crippen LogP contribution in [0.1, 0.15) is 47.3 Å². The fraction of sp³-hybridized carbons (Fsp3) is 0.500. The first kappa shape index (κ1) is 22.2. The van der Waals surface area contributed by atoms with Crippen molar-refractivity contribution < 1.29 is 9.21 Å². The molecule has 2 aromatic rings. The smallest absolute Gasteiger partial charge is 0.192 e. The summed E-state index contributed by atoms with van der Waals surface area (Å²) >= 11 is 1.59. The van der Waals surface area contributed by atoms with Crippen molar-refractivity contribution in [1.29, 1.82) is 0 Å². The zero-order valence-electron chi connectivity index (χ0n) is 18.0. The maximum Gasteiger partial charge on any atom is 0.192 e. The zero-order chi connectivity index (χ0) is 21.1. The second kappa shape index (κ2) is 8.52. The summed E-state index contributed by atoms with van der Waals surface area (Å²) < 4.78 is 7.45. The van der Waals surface area contributed by atoms with Gasteiger partial charge in [0, 0.05) is 17.7 Å². The Balaban J connectivity index is 2.32. The molecule has 0 amide bonds. The molecule has 0 unspecified atom stereocenters. The first-order valence-electron chi connectivity index (χ1n) is 9.42. The van der Waals surface area contributed by atoms with Gasteiger partial charge in [0.2, 0.25) is 0 Å². The van der Waals surface area contributed by atoms with Crippen molar-refractivity contribution in [3.63, 3.8) is 0 Å². The SMILES string of the molecule is C=CCn1c(SC/C(=C\C(=O)C(C)(C)C)C(C)(C)C)nnc1-c1ccoc1C. The molecule has 0 fully saturated rings. The number of hydrogen-bond acceptors (Lipinski definition) is 5. The van der Waals surface area contributed by atoms with E-state index in [0.717, 1.165) is 27.9 Å². The highest BCUT2D eigenvalue weighted by Gasteiger charge is 2.25. The van der Waals surface area contributed by atoms with Gasteiger partial charge in [-0.3, -0.25) is 9.36 Å². The lowest BCUT2D eigenvalue weighted by Crippen LogP contribution is -2.21. The van der Waals surface area contributed by atoms with Crippen LogP contribution in [-0.4, -0.2) is 26.3 Å². The van der Waals surface area contributed by atoms with Gasteiger partial charge in [-0.1, -0.05) is 65.0 Å². The molecule has 0 saturated heterocycles. The predicted molar refractivity (Wildman–Crippen MR) is 115 cm³/mol. The Morgan fingerprint density at radius 1 is 1.21 bits per heavy atom. The van der Waals surface area contributed by atoms with E-state index in [-0.39, 0.29) is 11.2 Å². The molecule has 0 aliphatic rings. The first-order valence-corrected chi connectivity index (χ1v) is 10.4. The molecule has 0 spiro atoms. The second-order valence-electron chi connectivity index (χ2n) is 8.92. The lowest BCUT2D eigenvalue weighted by molar-refractivity contribution is -0.121. The quantitative estimate of drug-likeness (QED) is 0.338. The number of thioether (sulfide) groups is 1. The molecule has 0 aromatic carbocycles. The van der Waals surface area contributed by atoms with Crippen molar-refractivity contribution in [2.24, 2.45) is 10.8 Å². The minimum atomic E-state index is -0.393. The molecule has 2 rings (SSSR count). The van der Waals surface area contributed by atoms with E-state index >= 15 is 0 Å². The molecular weight excluding hydrogens is 370 g/mol. The van der Waals surface area contributed by atoms with Crippen molar-refractivity contribution in [3.8, 4) is 11.4 Å². The third-order valence-electron chi connectivity index (χ3n) is 4.49. The van der Waals surface area contributed by atoms with Crippen LogP contribution in [-0.2, 0) is 11.3 Å². The summed E-state index contributed by atoms with van der Waals surface area (Å²) in [5, 5.41) is 9.56. The minimum absolute atomic E-state index is 0.110. The van der Waals surface area contributed by atoms with Crippen molar-refractivity contribution in [2.45, 2.75) is 60.2 Å². The molecule has 0 radical (unpaired) electrons. The number of rotatable bonds is 7. The Bertz CT molecular complexity index is 876. The summed E-state index contributed by atoms with van der Waals surface area (Å²) in [6, 6.07) is 1.90. The van der Waals surface area contributed by atoms with E-state index < -0.39 is 5.41 Å². The number of ketones is 1. The molecule has 5 nitrogen and oxygen atoms in total. The van der Waals surface area contributed by atoms with Crippen LogP contribution in [0.2, 0.25) is 0 Å². The Kier molecular flexibility index (Phi) is 6.75. The fourth-order valence-electron chi connectivity index (χ4n) is 2.50. The van der Waals surface area contributed by atoms with Crippen LogP contribution >= 0.6 is 11.8 Å². The van der Waals surface area contributed by atoms with E-state index in [9.17, 15) is 4.79 Å². The molecule has 0 aliphatic carbocycles. The number of hydrogen-bond donors (Lipinski definition) is 0. The molecule has 0 N–H and O–H groups in total. The Morgan fingerprint density at radius 3 is 2.39 bits per heavy atom. The number of aryl methyl sites for hydroxylation is 1. The van der Waals surface area contributed by atoms with Crippen LogP contribution in [0.3, 0.4) is 0 Å². The number of furan rings is 1. The van der Waals surface area contributed by atoms with Crippen LogP contribution in [0.25, 0.3) is 11.4 Å². The molecule has 0 saturated carbocycles. The molecule has 6 heteroatoms. The number of aromatic nitrogens is 3. The summed E-state index contributed by atoms with van der Waals surface area (Å²) in [4.78, 5) is 12.6. The summed E-state index contributed by atoms with van der Waals surface area (Å²) in [5.41, 5.74) is 1.51. The van der Waals surface area contributed by atoms with Crippen LogP contribution in [0, 0.1) is 17.8 Å². The minimum Gasteiger partial charge on any atom is -0.469 e. The summed E-state index contributed by atoms with van der Waals surface area (Å²) in [6.45, 7) is 18.6. The van der Waals surface area contributed by atoms with Crippen LogP contribution in [0.5, 0.6) is 0 Å². The van der Waals surface area contributed by atoms with E-state index in [2.05, 4.69) is 37.5 Å². The van der Waals surface area contributed by atoms with Crippen LogP contribution < -0.4 is 0 Å². The van der Waals surface area contributed by atoms with E-state index in [1.165, 1.54) is 0 Å². The maximum atomic E-state index is 12.6. The lowest BCUT2D eigenvalue weighted by Gasteiger charge is -2.24. The lowest BCUT2D eigenvalue weighted by atomic mass is 9.83. The molecule has 0 atom stereocenters. The third-order valence-corrected chi connectivity index (χ3v) is 5.51. The van der Waals surface area contributed by atoms with Gasteiger partial charge in [0.25, 0.3) is 0 Å². The van der Waals surface area contributed by atoms with E-state index in [1.807, 2.05) is 50.5 Å². The maximum absolute atomic E-state index is 12.6. The summed E-state index contributed by atoms with van der Waals surface area (Å²) in [6.07, 6.45) is 5.29. The molecule has 152 valence electrons. The Labute approximate surface area is 172 Å². The van der Waals surface area contributed by atoms with Gasteiger partial charge in [-0.2, -0.15) is 0 Å². The van der Waals surface area contributed by atoms with Gasteiger partial charge in [-0.25, -0.2) is 0 Å². The highest BCUT2D eigenvalue weighted by atomic mass is 32.2. The molecule has 28 heavy (non-hydrogen) atoms. The largest absolute Gasteiger partial charge is 0.469 e. The third kappa shape index (κ3) is 5.25. The zero-order valence-corrected chi connectivity index (χ0v) is 18.8. The average Bonchev–Trinajstić information content (AvgIpc) is 3.15. The van der Waals surface area contributed by atoms with Gasteiger partial charge in [-0.15, -0.1) is 16.8 Å². The molecule has 2 aromatic heterocycles. The number of allylic oxidation sites excluding steroid dienone is 2. The first-order chi connectivity index (χ1) is 12.9. The summed E-state index contributed by atoms with van der Waals surface area (Å²) in [7, 11) is 0. The van der Waals surface area contributed by atoms with E-state index in [0.29, 0.717) is 12.3 Å². The Morgan fingerprint density at radius 2 is 1.89 bits per heavy atom.